The van der Waals surface area contributed by atoms with Crippen LogP contribution in [0.25, 0.3) is 64.6 Å². The summed E-state index contributed by atoms with van der Waals surface area (Å²) in [5.41, 5.74) is 15.4. The van der Waals surface area contributed by atoms with Gasteiger partial charge in [-0.15, -0.1) is 0 Å². The molecule has 65 heavy (non-hydrogen) atoms. The molecule has 2 nitrogen and oxygen atoms in total. The molecule has 0 atom stereocenters. The van der Waals surface area contributed by atoms with E-state index < -0.39 is 0 Å². The molecule has 0 unspecified atom stereocenters. The average molecular weight is 837 g/mol. The maximum absolute atomic E-state index is 2.65. The molecule has 2 aliphatic rings. The molecule has 0 bridgehead atoms. The number of fused-ring (bicyclic) bond motifs is 6. The van der Waals surface area contributed by atoms with Crippen LogP contribution in [0.3, 0.4) is 0 Å². The van der Waals surface area contributed by atoms with Crippen LogP contribution in [0.1, 0.15) is 79.0 Å². The van der Waals surface area contributed by atoms with Crippen molar-refractivity contribution in [3.63, 3.8) is 0 Å². The smallest absolute Gasteiger partial charge is 0.252 e. The highest BCUT2D eigenvalue weighted by Gasteiger charge is 2.46. The van der Waals surface area contributed by atoms with Crippen molar-refractivity contribution in [2.24, 2.45) is 0 Å². The van der Waals surface area contributed by atoms with Gasteiger partial charge in [-0.3, -0.25) is 0 Å². The van der Waals surface area contributed by atoms with E-state index in [0.717, 1.165) is 0 Å². The SMILES string of the molecule is CC(C)(C)c1ccc(N2c3cc(C(C)(C)C)cc4c3B(c3cc5ccc6cccc7ccc(c32)c5c67)c2cc3ccc5cccc6ccc(c2N4c2ccc(C(C)(C)C)cc2)c3c56)cc1. The number of anilines is 6. The van der Waals surface area contributed by atoms with E-state index in [4.69, 9.17) is 0 Å². The van der Waals surface area contributed by atoms with Crippen LogP contribution in [0, 0.1) is 0 Å². The summed E-state index contributed by atoms with van der Waals surface area (Å²) in [6.07, 6.45) is 0. The maximum Gasteiger partial charge on any atom is 0.252 e. The number of hydrogen-bond donors (Lipinski definition) is 0. The van der Waals surface area contributed by atoms with Gasteiger partial charge in [0.2, 0.25) is 0 Å². The standard InChI is InChI=1S/C62H53BN2/c1-60(2,3)42-22-26-45(27-23-42)64-51-34-44(62(7,8)9)35-52-57(51)63(49-32-40-18-16-36-12-10-14-38-20-30-47(58(49)64)55(40)53(36)38)50-33-41-19-17-37-13-11-15-39-21-31-48(56(41)54(37)39)59(50)65(52)46-28-24-43(25-29-46)61(4,5)6/h10-35H,1-9H3. The van der Waals surface area contributed by atoms with E-state index in [0.29, 0.717) is 0 Å². The van der Waals surface area contributed by atoms with Crippen LogP contribution in [0.15, 0.2) is 158 Å². The van der Waals surface area contributed by atoms with E-state index in [1.807, 2.05) is 0 Å². The van der Waals surface area contributed by atoms with Crippen molar-refractivity contribution in [2.75, 3.05) is 9.80 Å². The Morgan fingerprint density at radius 1 is 0.338 bits per heavy atom. The lowest BCUT2D eigenvalue weighted by molar-refractivity contribution is 0.590. The molecule has 13 rings (SSSR count). The van der Waals surface area contributed by atoms with Crippen LogP contribution in [-0.2, 0) is 16.2 Å². The number of nitrogens with zero attached hydrogens (tertiary/aromatic N) is 2. The molecule has 11 aromatic carbocycles. The van der Waals surface area contributed by atoms with Crippen LogP contribution < -0.4 is 26.2 Å². The first-order valence-corrected chi connectivity index (χ1v) is 23.5. The molecule has 0 spiro atoms. The zero-order chi connectivity index (χ0) is 44.5. The van der Waals surface area contributed by atoms with Gasteiger partial charge in [-0.05, 0) is 140 Å². The normalized spacial score (nSPS) is 14.1. The second kappa shape index (κ2) is 12.9. The van der Waals surface area contributed by atoms with Crippen molar-refractivity contribution < 1.29 is 0 Å². The molecular weight excluding hydrogens is 784 g/mol. The third kappa shape index (κ3) is 5.42. The second-order valence-corrected chi connectivity index (χ2v) is 22.2. The number of hydrogen-bond acceptors (Lipinski definition) is 2. The first-order valence-electron chi connectivity index (χ1n) is 23.5. The molecule has 11 aromatic rings. The molecule has 0 fully saturated rings. The van der Waals surface area contributed by atoms with Crippen LogP contribution in [-0.4, -0.2) is 6.71 Å². The topological polar surface area (TPSA) is 6.48 Å². The van der Waals surface area contributed by atoms with Crippen molar-refractivity contribution >= 4 is 122 Å². The quantitative estimate of drug-likeness (QED) is 0.126. The van der Waals surface area contributed by atoms with E-state index in [-0.39, 0.29) is 23.0 Å². The maximum atomic E-state index is 2.65. The summed E-state index contributed by atoms with van der Waals surface area (Å²) in [5.74, 6) is 0. The van der Waals surface area contributed by atoms with E-state index in [2.05, 4.69) is 230 Å². The summed E-state index contributed by atoms with van der Waals surface area (Å²) in [6, 6.07) is 61.7. The fraction of sp³-hybridized carbons (Fsp3) is 0.194. The second-order valence-electron chi connectivity index (χ2n) is 22.2. The van der Waals surface area contributed by atoms with E-state index >= 15 is 0 Å². The van der Waals surface area contributed by atoms with Gasteiger partial charge >= 0.3 is 0 Å². The molecule has 0 radical (unpaired) electrons. The van der Waals surface area contributed by atoms with Crippen molar-refractivity contribution in [1.29, 1.82) is 0 Å². The van der Waals surface area contributed by atoms with Gasteiger partial charge in [0.05, 0.1) is 0 Å². The molecule has 314 valence electrons. The molecular formula is C62H53BN2. The predicted molar refractivity (Wildman–Crippen MR) is 284 cm³/mol. The van der Waals surface area contributed by atoms with E-state index in [1.54, 1.807) is 0 Å². The van der Waals surface area contributed by atoms with Crippen molar-refractivity contribution in [3.8, 4) is 0 Å². The van der Waals surface area contributed by atoms with Gasteiger partial charge in [-0.25, -0.2) is 0 Å². The molecule has 0 aromatic heterocycles. The fourth-order valence-electron chi connectivity index (χ4n) is 11.8. The Morgan fingerprint density at radius 2 is 0.692 bits per heavy atom. The van der Waals surface area contributed by atoms with Gasteiger partial charge in [0.15, 0.2) is 0 Å². The van der Waals surface area contributed by atoms with Crippen molar-refractivity contribution in [1.82, 2.24) is 0 Å². The Kier molecular flexibility index (Phi) is 7.67. The summed E-state index contributed by atoms with van der Waals surface area (Å²) in [6.45, 7) is 21.0. The van der Waals surface area contributed by atoms with Crippen LogP contribution in [0.2, 0.25) is 0 Å². The highest BCUT2D eigenvalue weighted by Crippen LogP contribution is 2.52. The Bertz CT molecular complexity index is 3490. The van der Waals surface area contributed by atoms with E-state index in [1.165, 1.54) is 132 Å². The molecule has 0 N–H and O–H groups in total. The minimum atomic E-state index is -0.129. The number of benzene rings is 11. The minimum Gasteiger partial charge on any atom is -0.311 e. The van der Waals surface area contributed by atoms with Crippen molar-refractivity contribution in [2.45, 2.75) is 78.6 Å². The highest BCUT2D eigenvalue weighted by molar-refractivity contribution is 7.01. The first-order chi connectivity index (χ1) is 31.1. The highest BCUT2D eigenvalue weighted by atomic mass is 15.2. The van der Waals surface area contributed by atoms with Crippen LogP contribution in [0.4, 0.5) is 34.1 Å². The summed E-state index contributed by atoms with van der Waals surface area (Å²) in [5, 5.41) is 15.7. The number of rotatable bonds is 2. The van der Waals surface area contributed by atoms with Gasteiger partial charge in [-0.2, -0.15) is 0 Å². The van der Waals surface area contributed by atoms with Gasteiger partial charge in [0.25, 0.3) is 6.71 Å². The van der Waals surface area contributed by atoms with Crippen molar-refractivity contribution in [3.05, 3.63) is 174 Å². The lowest BCUT2D eigenvalue weighted by Crippen LogP contribution is -2.61. The van der Waals surface area contributed by atoms with Gasteiger partial charge < -0.3 is 9.80 Å². The zero-order valence-corrected chi connectivity index (χ0v) is 39.0. The third-order valence-corrected chi connectivity index (χ3v) is 15.1. The summed E-state index contributed by atoms with van der Waals surface area (Å²) >= 11 is 0. The van der Waals surface area contributed by atoms with E-state index in [9.17, 15) is 0 Å². The Morgan fingerprint density at radius 3 is 1.06 bits per heavy atom. The molecule has 3 heteroatoms. The Hall–Kier alpha value is -6.84. The molecule has 2 heterocycles. The molecule has 0 amide bonds. The van der Waals surface area contributed by atoms with Gasteiger partial charge in [-0.1, -0.05) is 184 Å². The lowest BCUT2D eigenvalue weighted by atomic mass is 9.33. The Labute approximate surface area is 382 Å². The van der Waals surface area contributed by atoms with Crippen LogP contribution >= 0.6 is 0 Å². The van der Waals surface area contributed by atoms with Gasteiger partial charge in [0, 0.05) is 44.9 Å². The minimum absolute atomic E-state index is 0.0296. The first kappa shape index (κ1) is 38.6. The molecule has 0 aliphatic carbocycles. The molecule has 0 saturated carbocycles. The summed E-state index contributed by atoms with van der Waals surface area (Å²) in [7, 11) is 0. The predicted octanol–water partition coefficient (Wildman–Crippen LogP) is 15.5. The lowest BCUT2D eigenvalue weighted by Gasteiger charge is -2.46. The summed E-state index contributed by atoms with van der Waals surface area (Å²) in [4.78, 5) is 5.30. The largest absolute Gasteiger partial charge is 0.311 e. The average Bonchev–Trinajstić information content (AvgIpc) is 3.28. The Balaban J connectivity index is 1.22. The monoisotopic (exact) mass is 836 g/mol. The molecule has 0 saturated heterocycles. The van der Waals surface area contributed by atoms with Crippen LogP contribution in [0.5, 0.6) is 0 Å². The van der Waals surface area contributed by atoms with Gasteiger partial charge in [0.1, 0.15) is 0 Å². The fourth-order valence-corrected chi connectivity index (χ4v) is 11.8. The summed E-state index contributed by atoms with van der Waals surface area (Å²) < 4.78 is 0. The molecule has 2 aliphatic heterocycles. The third-order valence-electron chi connectivity index (χ3n) is 15.1. The zero-order valence-electron chi connectivity index (χ0n) is 39.0.